The molecule has 2 aromatic rings. The molecule has 26 heavy (non-hydrogen) atoms. The van der Waals surface area contributed by atoms with Gasteiger partial charge in [0.2, 0.25) is 0 Å². The number of halogens is 4. The maximum atomic E-state index is 13.9. The molecule has 2 heterocycles. The average molecular weight is 357 g/mol. The van der Waals surface area contributed by atoms with Gasteiger partial charge in [-0.3, -0.25) is 0 Å². The summed E-state index contributed by atoms with van der Waals surface area (Å²) in [6.07, 6.45) is 3.28. The zero-order chi connectivity index (χ0) is 18.3. The molecule has 2 aliphatic heterocycles. The van der Waals surface area contributed by atoms with Crippen LogP contribution < -0.4 is 0 Å². The van der Waals surface area contributed by atoms with Gasteiger partial charge in [0.25, 0.3) is 0 Å². The summed E-state index contributed by atoms with van der Waals surface area (Å²) in [5.41, 5.74) is 1.23. The molecule has 3 nitrogen and oxygen atoms in total. The third kappa shape index (κ3) is 2.92. The largest absolute Gasteiger partial charge is 0.347 e. The van der Waals surface area contributed by atoms with E-state index in [1.54, 1.807) is 23.0 Å². The van der Waals surface area contributed by atoms with Gasteiger partial charge in [-0.1, -0.05) is 12.1 Å². The highest BCUT2D eigenvalue weighted by molar-refractivity contribution is 5.66. The van der Waals surface area contributed by atoms with Crippen LogP contribution in [-0.2, 0) is 6.54 Å². The fourth-order valence-electron chi connectivity index (χ4n) is 2.69. The Morgan fingerprint density at radius 1 is 0.846 bits per heavy atom. The van der Waals surface area contributed by atoms with Crippen LogP contribution in [0, 0.1) is 23.3 Å². The number of nitrogens with zero attached hydrogens (tertiary/aromatic N) is 3. The number of hydrogen-bond donors (Lipinski definition) is 0. The molecule has 0 atom stereocenters. The normalized spacial score (nSPS) is 11.2. The van der Waals surface area contributed by atoms with Crippen LogP contribution >= 0.6 is 0 Å². The highest BCUT2D eigenvalue weighted by Gasteiger charge is 2.17. The van der Waals surface area contributed by atoms with Crippen LogP contribution in [0.3, 0.4) is 0 Å². The summed E-state index contributed by atoms with van der Waals surface area (Å²) in [5, 5.41) is 0. The standard InChI is InChI=1S/C19H11F4N3/c20-12-5-4-11(15(22)8-12)9-26-7-6-16-17(10-26)25-19(24-16)13-2-1-3-14(21)18(13)23/h1-8,10H,9H2. The van der Waals surface area contributed by atoms with E-state index in [0.29, 0.717) is 17.0 Å². The minimum atomic E-state index is -1.01. The topological polar surface area (TPSA) is 30.7 Å². The second-order valence-corrected chi connectivity index (χ2v) is 5.77. The first kappa shape index (κ1) is 16.3. The number of hydrogen-bond acceptors (Lipinski definition) is 2. The van der Waals surface area contributed by atoms with Crippen molar-refractivity contribution in [1.29, 1.82) is 0 Å². The zero-order valence-electron chi connectivity index (χ0n) is 13.3. The van der Waals surface area contributed by atoms with Gasteiger partial charge in [-0.15, -0.1) is 0 Å². The Bertz CT molecular complexity index is 1070. The minimum Gasteiger partial charge on any atom is -0.347 e. The summed E-state index contributed by atoms with van der Waals surface area (Å²) >= 11 is 0. The molecule has 0 fully saturated rings. The molecular weight excluding hydrogens is 346 g/mol. The van der Waals surface area contributed by atoms with Crippen molar-refractivity contribution in [3.05, 3.63) is 83.7 Å². The molecular formula is C19H11F4N3. The van der Waals surface area contributed by atoms with Gasteiger partial charge in [-0.2, -0.15) is 0 Å². The van der Waals surface area contributed by atoms with E-state index in [2.05, 4.69) is 9.97 Å². The zero-order valence-corrected chi connectivity index (χ0v) is 13.3. The molecule has 0 aromatic heterocycles. The summed E-state index contributed by atoms with van der Waals surface area (Å²) in [6, 6.07) is 8.82. The second-order valence-electron chi connectivity index (χ2n) is 5.77. The van der Waals surface area contributed by atoms with Crippen molar-refractivity contribution in [2.24, 2.45) is 0 Å². The van der Waals surface area contributed by atoms with Crippen molar-refractivity contribution in [2.45, 2.75) is 6.54 Å². The van der Waals surface area contributed by atoms with Crippen molar-refractivity contribution in [2.75, 3.05) is 0 Å². The molecule has 0 aliphatic carbocycles. The van der Waals surface area contributed by atoms with Gasteiger partial charge in [0.1, 0.15) is 17.3 Å². The first-order chi connectivity index (χ1) is 12.5. The Morgan fingerprint density at radius 2 is 1.65 bits per heavy atom. The fourth-order valence-corrected chi connectivity index (χ4v) is 2.69. The molecule has 2 aliphatic rings. The van der Waals surface area contributed by atoms with Gasteiger partial charge in [0.05, 0.1) is 11.3 Å². The molecule has 0 saturated heterocycles. The summed E-state index contributed by atoms with van der Waals surface area (Å²) < 4.78 is 55.8. The van der Waals surface area contributed by atoms with E-state index < -0.39 is 23.3 Å². The van der Waals surface area contributed by atoms with E-state index in [4.69, 9.17) is 0 Å². The van der Waals surface area contributed by atoms with Gasteiger partial charge in [0, 0.05) is 30.6 Å². The van der Waals surface area contributed by atoms with E-state index in [-0.39, 0.29) is 17.9 Å². The van der Waals surface area contributed by atoms with E-state index in [9.17, 15) is 17.6 Å². The van der Waals surface area contributed by atoms with E-state index in [0.717, 1.165) is 12.1 Å². The third-order valence-corrected chi connectivity index (χ3v) is 3.99. The Labute approximate surface area is 145 Å². The van der Waals surface area contributed by atoms with Crippen molar-refractivity contribution >= 4 is 0 Å². The van der Waals surface area contributed by atoms with E-state index in [1.807, 2.05) is 0 Å². The Balaban J connectivity index is 1.70. The SMILES string of the molecule is Fc1ccc(Cn2ccc3nc(-c4cccc(F)c4F)nc-3c2)c(F)c1. The Morgan fingerprint density at radius 3 is 2.46 bits per heavy atom. The lowest BCUT2D eigenvalue weighted by Gasteiger charge is -2.09. The van der Waals surface area contributed by atoms with Crippen LogP contribution in [-0.4, -0.2) is 14.5 Å². The predicted octanol–water partition coefficient (Wildman–Crippen LogP) is 4.65. The van der Waals surface area contributed by atoms with Crippen LogP contribution in [0.2, 0.25) is 0 Å². The maximum absolute atomic E-state index is 13.9. The molecule has 0 unspecified atom stereocenters. The number of fused-ring (bicyclic) bond motifs is 1. The number of benzene rings is 2. The monoisotopic (exact) mass is 357 g/mol. The van der Waals surface area contributed by atoms with Crippen LogP contribution in [0.1, 0.15) is 5.56 Å². The molecule has 0 radical (unpaired) electrons. The van der Waals surface area contributed by atoms with Crippen LogP contribution in [0.5, 0.6) is 0 Å². The van der Waals surface area contributed by atoms with Gasteiger partial charge >= 0.3 is 0 Å². The molecule has 0 spiro atoms. The molecule has 0 N–H and O–H groups in total. The van der Waals surface area contributed by atoms with E-state index >= 15 is 0 Å². The molecule has 2 aromatic carbocycles. The Kier molecular flexibility index (Phi) is 3.91. The van der Waals surface area contributed by atoms with Crippen LogP contribution in [0.15, 0.2) is 54.9 Å². The summed E-state index contributed by atoms with van der Waals surface area (Å²) in [5.74, 6) is -3.20. The lowest BCUT2D eigenvalue weighted by atomic mass is 10.2. The predicted molar refractivity (Wildman–Crippen MR) is 87.5 cm³/mol. The highest BCUT2D eigenvalue weighted by Crippen LogP contribution is 2.27. The summed E-state index contributed by atoms with van der Waals surface area (Å²) in [7, 11) is 0. The first-order valence-electron chi connectivity index (χ1n) is 7.73. The van der Waals surface area contributed by atoms with Crippen molar-refractivity contribution in [1.82, 2.24) is 14.5 Å². The first-order valence-corrected chi connectivity index (χ1v) is 7.73. The Hall–Kier alpha value is -3.22. The molecule has 0 saturated carbocycles. The number of pyridine rings is 1. The van der Waals surface area contributed by atoms with Crippen molar-refractivity contribution in [3.8, 4) is 22.8 Å². The van der Waals surface area contributed by atoms with Gasteiger partial charge < -0.3 is 4.57 Å². The minimum absolute atomic E-state index is 0.0303. The van der Waals surface area contributed by atoms with Crippen LogP contribution in [0.25, 0.3) is 22.8 Å². The molecule has 4 rings (SSSR count). The van der Waals surface area contributed by atoms with Gasteiger partial charge in [-0.05, 0) is 24.3 Å². The van der Waals surface area contributed by atoms with Crippen LogP contribution in [0.4, 0.5) is 17.6 Å². The summed E-state index contributed by atoms with van der Waals surface area (Å²) in [4.78, 5) is 8.44. The lowest BCUT2D eigenvalue weighted by Crippen LogP contribution is -2.03. The second kappa shape index (κ2) is 6.25. The maximum Gasteiger partial charge on any atom is 0.169 e. The van der Waals surface area contributed by atoms with Gasteiger partial charge in [0.15, 0.2) is 17.5 Å². The molecule has 0 bridgehead atoms. The quantitative estimate of drug-likeness (QED) is 0.500. The van der Waals surface area contributed by atoms with Crippen molar-refractivity contribution < 1.29 is 17.6 Å². The number of rotatable bonds is 3. The van der Waals surface area contributed by atoms with Crippen molar-refractivity contribution in [3.63, 3.8) is 0 Å². The number of imidazole rings is 1. The fraction of sp³-hybridized carbons (Fsp3) is 0.0526. The molecule has 0 amide bonds. The third-order valence-electron chi connectivity index (χ3n) is 3.99. The lowest BCUT2D eigenvalue weighted by molar-refractivity contribution is 0.510. The smallest absolute Gasteiger partial charge is 0.169 e. The molecule has 7 heteroatoms. The summed E-state index contributed by atoms with van der Waals surface area (Å²) in [6.45, 7) is 0.165. The average Bonchev–Trinajstić information content (AvgIpc) is 3.03. The van der Waals surface area contributed by atoms with E-state index in [1.165, 1.54) is 24.3 Å². The molecule has 130 valence electrons. The highest BCUT2D eigenvalue weighted by atomic mass is 19.2. The number of aromatic nitrogens is 3. The van der Waals surface area contributed by atoms with Gasteiger partial charge in [-0.25, -0.2) is 27.5 Å².